The second-order valence-electron chi connectivity index (χ2n) is 11.3. The Balaban J connectivity index is 1.46. The Hall–Kier alpha value is -3.11. The van der Waals surface area contributed by atoms with E-state index in [1.54, 1.807) is 13.8 Å². The Bertz CT molecular complexity index is 1490. The summed E-state index contributed by atoms with van der Waals surface area (Å²) in [7, 11) is 0. The van der Waals surface area contributed by atoms with Crippen LogP contribution in [-0.4, -0.2) is 87.0 Å². The Labute approximate surface area is 267 Å². The highest BCUT2D eigenvalue weighted by molar-refractivity contribution is 9.10. The number of nitrogens with two attached hydrogens (primary N) is 1. The summed E-state index contributed by atoms with van der Waals surface area (Å²) in [6.07, 6.45) is -5.39. The SMILES string of the molecule is CCOC(=O)N1c2ccc(C(F)(F)F)cc2[C@@H](c2nnn(CC(O)C(Cc3cccc(Br)c3)N3CCOCC3)n2)C[C@@]1(N)CC. The summed E-state index contributed by atoms with van der Waals surface area (Å²) in [4.78, 5) is 17.7. The van der Waals surface area contributed by atoms with Gasteiger partial charge in [0.25, 0.3) is 0 Å². The number of tetrazole rings is 1. The lowest BCUT2D eigenvalue weighted by Gasteiger charge is -2.46. The van der Waals surface area contributed by atoms with Gasteiger partial charge in [-0.3, -0.25) is 9.80 Å². The standard InChI is InChI=1S/C30H37BrF3N7O4/c1-3-29(35)17-23(22-16-20(30(32,33)34)8-9-24(22)41(29)28(43)45-4-2)27-36-38-40(37-27)18-26(42)25(39-10-12-44-13-11-39)15-19-6-5-7-21(31)14-19/h5-9,14,16,23,25-26,42H,3-4,10-13,15,17-18,35H2,1-2H3/t23-,25?,26?,29+/m0/s1. The molecule has 5 rings (SSSR count). The molecule has 1 amide bonds. The van der Waals surface area contributed by atoms with Gasteiger partial charge < -0.3 is 20.3 Å². The summed E-state index contributed by atoms with van der Waals surface area (Å²) in [5.74, 6) is -0.662. The van der Waals surface area contributed by atoms with E-state index in [-0.39, 0.29) is 49.1 Å². The molecule has 0 bridgehead atoms. The first-order valence-electron chi connectivity index (χ1n) is 14.9. The van der Waals surface area contributed by atoms with Gasteiger partial charge in [-0.1, -0.05) is 35.0 Å². The molecule has 3 N–H and O–H groups in total. The van der Waals surface area contributed by atoms with Gasteiger partial charge in [-0.25, -0.2) is 4.79 Å². The lowest BCUT2D eigenvalue weighted by atomic mass is 9.80. The molecule has 244 valence electrons. The third-order valence-electron chi connectivity index (χ3n) is 8.46. The number of aliphatic hydroxyl groups is 1. The van der Waals surface area contributed by atoms with Crippen molar-refractivity contribution in [2.45, 2.75) is 69.6 Å². The maximum atomic E-state index is 13.8. The number of halogens is 4. The normalized spacial score (nSPS) is 22.1. The van der Waals surface area contributed by atoms with E-state index in [0.717, 1.165) is 22.2 Å². The highest BCUT2D eigenvalue weighted by Gasteiger charge is 2.47. The topological polar surface area (TPSA) is 132 Å². The lowest BCUT2D eigenvalue weighted by Crippen LogP contribution is -2.61. The van der Waals surface area contributed by atoms with Crippen LogP contribution in [0.3, 0.4) is 0 Å². The molecule has 11 nitrogen and oxygen atoms in total. The van der Waals surface area contributed by atoms with E-state index in [4.69, 9.17) is 15.2 Å². The number of amides is 1. The molecule has 45 heavy (non-hydrogen) atoms. The Morgan fingerprint density at radius 2 is 1.98 bits per heavy atom. The maximum absolute atomic E-state index is 13.8. The molecule has 2 aliphatic heterocycles. The summed E-state index contributed by atoms with van der Waals surface area (Å²) >= 11 is 3.51. The average molecular weight is 697 g/mol. The van der Waals surface area contributed by atoms with E-state index in [1.807, 2.05) is 24.3 Å². The third-order valence-corrected chi connectivity index (χ3v) is 8.95. The van der Waals surface area contributed by atoms with Crippen LogP contribution < -0.4 is 10.6 Å². The van der Waals surface area contributed by atoms with Gasteiger partial charge in [0.05, 0.1) is 49.6 Å². The fraction of sp³-hybridized carbons (Fsp3) is 0.533. The molecule has 4 atom stereocenters. The van der Waals surface area contributed by atoms with Crippen molar-refractivity contribution < 1.29 is 32.5 Å². The second-order valence-corrected chi connectivity index (χ2v) is 12.3. The molecule has 3 heterocycles. The molecule has 15 heteroatoms. The van der Waals surface area contributed by atoms with Crippen LogP contribution in [-0.2, 0) is 28.6 Å². The van der Waals surface area contributed by atoms with Gasteiger partial charge in [-0.2, -0.15) is 18.0 Å². The first kappa shape index (κ1) is 33.3. The number of rotatable bonds is 9. The van der Waals surface area contributed by atoms with Crippen molar-refractivity contribution >= 4 is 27.7 Å². The first-order valence-corrected chi connectivity index (χ1v) is 15.7. The zero-order chi connectivity index (χ0) is 32.4. The van der Waals surface area contributed by atoms with Gasteiger partial charge in [-0.05, 0) is 72.9 Å². The number of morpholine rings is 1. The Morgan fingerprint density at radius 3 is 2.64 bits per heavy atom. The summed E-state index contributed by atoms with van der Waals surface area (Å²) in [6, 6.07) is 10.8. The molecular weight excluding hydrogens is 659 g/mol. The lowest BCUT2D eigenvalue weighted by molar-refractivity contribution is -0.137. The molecule has 0 aliphatic carbocycles. The minimum absolute atomic E-state index is 0.00168. The van der Waals surface area contributed by atoms with Gasteiger partial charge in [0.15, 0.2) is 5.82 Å². The summed E-state index contributed by atoms with van der Waals surface area (Å²) in [5.41, 5.74) is 6.01. The van der Waals surface area contributed by atoms with E-state index in [1.165, 1.54) is 15.8 Å². The molecule has 0 radical (unpaired) electrons. The first-order chi connectivity index (χ1) is 21.4. The number of anilines is 1. The van der Waals surface area contributed by atoms with Crippen LogP contribution in [0.1, 0.15) is 55.1 Å². The van der Waals surface area contributed by atoms with E-state index in [9.17, 15) is 23.1 Å². The van der Waals surface area contributed by atoms with E-state index in [2.05, 4.69) is 36.2 Å². The van der Waals surface area contributed by atoms with Crippen molar-refractivity contribution in [1.29, 1.82) is 0 Å². The number of benzene rings is 2. The van der Waals surface area contributed by atoms with Crippen molar-refractivity contribution in [2.24, 2.45) is 5.73 Å². The third kappa shape index (κ3) is 7.32. The zero-order valence-electron chi connectivity index (χ0n) is 25.1. The van der Waals surface area contributed by atoms with Crippen LogP contribution in [0.25, 0.3) is 0 Å². The van der Waals surface area contributed by atoms with Crippen molar-refractivity contribution in [3.8, 4) is 0 Å². The number of hydrogen-bond donors (Lipinski definition) is 2. The predicted octanol–water partition coefficient (Wildman–Crippen LogP) is 4.32. The van der Waals surface area contributed by atoms with E-state index < -0.39 is 35.5 Å². The number of nitrogens with zero attached hydrogens (tertiary/aromatic N) is 6. The number of alkyl halides is 3. The van der Waals surface area contributed by atoms with E-state index >= 15 is 0 Å². The van der Waals surface area contributed by atoms with Crippen LogP contribution >= 0.6 is 15.9 Å². The molecule has 2 aromatic carbocycles. The Kier molecular flexibility index (Phi) is 10.1. The molecule has 1 aromatic heterocycles. The molecular formula is C30H37BrF3N7O4. The smallest absolute Gasteiger partial charge is 0.416 e. The highest BCUT2D eigenvalue weighted by atomic mass is 79.9. The number of fused-ring (bicyclic) bond motifs is 1. The number of aliphatic hydroxyl groups excluding tert-OH is 1. The number of aromatic nitrogens is 4. The summed E-state index contributed by atoms with van der Waals surface area (Å²) in [6.45, 7) is 5.90. The molecule has 2 aliphatic rings. The number of carbonyl (C=O) groups excluding carboxylic acids is 1. The van der Waals surface area contributed by atoms with Crippen LogP contribution in [0.15, 0.2) is 46.9 Å². The van der Waals surface area contributed by atoms with Crippen LogP contribution in [0, 0.1) is 0 Å². The average Bonchev–Trinajstić information content (AvgIpc) is 3.47. The summed E-state index contributed by atoms with van der Waals surface area (Å²) < 4.78 is 53.1. The highest BCUT2D eigenvalue weighted by Crippen LogP contribution is 2.47. The monoisotopic (exact) mass is 695 g/mol. The molecule has 3 aromatic rings. The molecule has 0 saturated carbocycles. The Morgan fingerprint density at radius 1 is 1.22 bits per heavy atom. The fourth-order valence-corrected chi connectivity index (χ4v) is 6.54. The zero-order valence-corrected chi connectivity index (χ0v) is 26.7. The minimum Gasteiger partial charge on any atom is -0.449 e. The molecule has 1 saturated heterocycles. The number of hydrogen-bond acceptors (Lipinski definition) is 9. The van der Waals surface area contributed by atoms with Crippen LogP contribution in [0.2, 0.25) is 0 Å². The van der Waals surface area contributed by atoms with Crippen LogP contribution in [0.5, 0.6) is 0 Å². The van der Waals surface area contributed by atoms with Gasteiger partial charge in [0.2, 0.25) is 0 Å². The molecule has 0 spiro atoms. The van der Waals surface area contributed by atoms with Gasteiger partial charge in [-0.15, -0.1) is 10.2 Å². The van der Waals surface area contributed by atoms with Crippen LogP contribution in [0.4, 0.5) is 23.7 Å². The summed E-state index contributed by atoms with van der Waals surface area (Å²) in [5, 5.41) is 24.4. The largest absolute Gasteiger partial charge is 0.449 e. The van der Waals surface area contributed by atoms with Crippen molar-refractivity contribution in [2.75, 3.05) is 37.8 Å². The quantitative estimate of drug-likeness (QED) is 0.336. The van der Waals surface area contributed by atoms with Gasteiger partial charge in [0.1, 0.15) is 5.66 Å². The predicted molar refractivity (Wildman–Crippen MR) is 162 cm³/mol. The van der Waals surface area contributed by atoms with Crippen molar-refractivity contribution in [3.05, 3.63) is 69.5 Å². The number of carbonyl (C=O) groups is 1. The fourth-order valence-electron chi connectivity index (χ4n) is 6.09. The molecule has 1 fully saturated rings. The van der Waals surface area contributed by atoms with Gasteiger partial charge >= 0.3 is 12.3 Å². The molecule has 2 unspecified atom stereocenters. The second kappa shape index (κ2) is 13.7. The minimum atomic E-state index is -4.62. The van der Waals surface area contributed by atoms with Gasteiger partial charge in [0, 0.05) is 23.6 Å². The van der Waals surface area contributed by atoms with E-state index in [0.29, 0.717) is 32.7 Å². The number of ether oxygens (including phenoxy) is 2. The van der Waals surface area contributed by atoms with Crippen molar-refractivity contribution in [1.82, 2.24) is 25.1 Å². The maximum Gasteiger partial charge on any atom is 0.416 e. The van der Waals surface area contributed by atoms with Crippen molar-refractivity contribution in [3.63, 3.8) is 0 Å².